The Kier molecular flexibility index (Phi) is 2.41. The summed E-state index contributed by atoms with van der Waals surface area (Å²) in [6, 6.07) is 3.55. The molecule has 1 aliphatic rings. The van der Waals surface area contributed by atoms with Gasteiger partial charge in [0.25, 0.3) is 0 Å². The van der Waals surface area contributed by atoms with E-state index in [1.165, 1.54) is 6.07 Å². The van der Waals surface area contributed by atoms with Crippen molar-refractivity contribution in [3.05, 3.63) is 34.0 Å². The number of nitro groups is 1. The van der Waals surface area contributed by atoms with Crippen molar-refractivity contribution in [2.75, 3.05) is 6.54 Å². The molecule has 0 saturated carbocycles. The van der Waals surface area contributed by atoms with Crippen LogP contribution in [0.2, 0.25) is 0 Å². The number of aromatic nitrogens is 1. The van der Waals surface area contributed by atoms with Crippen LogP contribution >= 0.6 is 0 Å². The highest BCUT2D eigenvalue weighted by Crippen LogP contribution is 2.22. The fourth-order valence-corrected chi connectivity index (χ4v) is 1.68. The predicted molar refractivity (Wildman–Crippen MR) is 50.9 cm³/mol. The van der Waals surface area contributed by atoms with E-state index >= 15 is 0 Å². The van der Waals surface area contributed by atoms with Gasteiger partial charge in [0.05, 0.1) is 0 Å². The topological polar surface area (TPSA) is 68.1 Å². The molecule has 0 aliphatic carbocycles. The molecule has 1 fully saturated rings. The minimum atomic E-state index is -0.480. The summed E-state index contributed by atoms with van der Waals surface area (Å²) in [6.45, 7) is 1.02. The van der Waals surface area contributed by atoms with E-state index in [9.17, 15) is 10.1 Å². The van der Waals surface area contributed by atoms with E-state index in [1.54, 1.807) is 12.3 Å². The van der Waals surface area contributed by atoms with Crippen LogP contribution in [0.3, 0.4) is 0 Å². The first-order chi connectivity index (χ1) is 6.77. The van der Waals surface area contributed by atoms with Crippen molar-refractivity contribution >= 4 is 5.82 Å². The van der Waals surface area contributed by atoms with Crippen molar-refractivity contribution in [1.82, 2.24) is 10.3 Å². The third-order valence-corrected chi connectivity index (χ3v) is 2.42. The maximum Gasteiger partial charge on any atom is 0.363 e. The van der Waals surface area contributed by atoms with E-state index in [1.807, 2.05) is 0 Å². The summed E-state index contributed by atoms with van der Waals surface area (Å²) in [5, 5.41) is 13.7. The quantitative estimate of drug-likeness (QED) is 0.569. The minimum absolute atomic E-state index is 0.0910. The van der Waals surface area contributed by atoms with Crippen LogP contribution in [0.25, 0.3) is 0 Å². The summed E-state index contributed by atoms with van der Waals surface area (Å²) in [5.41, 5.74) is 1.04. The molecule has 14 heavy (non-hydrogen) atoms. The first-order valence-corrected chi connectivity index (χ1v) is 4.61. The van der Waals surface area contributed by atoms with Crippen LogP contribution < -0.4 is 5.32 Å². The van der Waals surface area contributed by atoms with Crippen molar-refractivity contribution in [2.45, 2.75) is 18.9 Å². The Bertz CT molecular complexity index is 330. The molecule has 1 aromatic rings. The van der Waals surface area contributed by atoms with Crippen molar-refractivity contribution in [2.24, 2.45) is 0 Å². The van der Waals surface area contributed by atoms with Crippen LogP contribution in [0.1, 0.15) is 24.4 Å². The highest BCUT2D eigenvalue weighted by molar-refractivity contribution is 5.25. The van der Waals surface area contributed by atoms with E-state index in [0.717, 1.165) is 24.9 Å². The maximum absolute atomic E-state index is 10.4. The lowest BCUT2D eigenvalue weighted by Crippen LogP contribution is -2.13. The average Bonchev–Trinajstić information content (AvgIpc) is 2.71. The molecule has 1 saturated heterocycles. The molecule has 2 rings (SSSR count). The fourth-order valence-electron chi connectivity index (χ4n) is 1.68. The normalized spacial score (nSPS) is 21.0. The number of pyridine rings is 1. The fraction of sp³-hybridized carbons (Fsp3) is 0.444. The first-order valence-electron chi connectivity index (χ1n) is 4.61. The lowest BCUT2D eigenvalue weighted by Gasteiger charge is -2.07. The Labute approximate surface area is 81.3 Å². The van der Waals surface area contributed by atoms with Gasteiger partial charge in [0.1, 0.15) is 6.20 Å². The highest BCUT2D eigenvalue weighted by Gasteiger charge is 2.18. The summed E-state index contributed by atoms with van der Waals surface area (Å²) in [4.78, 5) is 13.7. The molecule has 1 aliphatic heterocycles. The van der Waals surface area contributed by atoms with Crippen molar-refractivity contribution < 1.29 is 4.92 Å². The van der Waals surface area contributed by atoms with Crippen LogP contribution in [0.15, 0.2) is 18.3 Å². The third kappa shape index (κ3) is 1.72. The zero-order chi connectivity index (χ0) is 9.97. The Morgan fingerprint density at radius 1 is 1.57 bits per heavy atom. The molecule has 0 amide bonds. The average molecular weight is 193 g/mol. The van der Waals surface area contributed by atoms with Crippen LogP contribution in [-0.2, 0) is 0 Å². The van der Waals surface area contributed by atoms with Gasteiger partial charge in [-0.3, -0.25) is 0 Å². The molecule has 5 heteroatoms. The Morgan fingerprint density at radius 3 is 2.93 bits per heavy atom. The number of rotatable bonds is 2. The van der Waals surface area contributed by atoms with E-state index in [-0.39, 0.29) is 5.82 Å². The number of hydrogen-bond acceptors (Lipinski definition) is 4. The monoisotopic (exact) mass is 193 g/mol. The Hall–Kier alpha value is -1.49. The Morgan fingerprint density at radius 2 is 2.43 bits per heavy atom. The first kappa shape index (κ1) is 9.08. The van der Waals surface area contributed by atoms with E-state index in [2.05, 4.69) is 10.3 Å². The van der Waals surface area contributed by atoms with Gasteiger partial charge in [-0.25, -0.2) is 0 Å². The maximum atomic E-state index is 10.4. The summed E-state index contributed by atoms with van der Waals surface area (Å²) < 4.78 is 0. The molecule has 1 N–H and O–H groups in total. The van der Waals surface area contributed by atoms with Gasteiger partial charge in [0, 0.05) is 17.7 Å². The van der Waals surface area contributed by atoms with E-state index in [0.29, 0.717) is 6.04 Å². The molecule has 1 atom stereocenters. The van der Waals surface area contributed by atoms with Crippen molar-refractivity contribution in [3.8, 4) is 0 Å². The number of nitrogens with zero attached hydrogens (tertiary/aromatic N) is 2. The Balaban J connectivity index is 2.16. The summed E-state index contributed by atoms with van der Waals surface area (Å²) in [5.74, 6) is -0.0910. The molecule has 0 bridgehead atoms. The summed E-state index contributed by atoms with van der Waals surface area (Å²) in [6.07, 6.45) is 3.82. The lowest BCUT2D eigenvalue weighted by atomic mass is 10.1. The SMILES string of the molecule is O=[N+]([O-])c1ccc([C@@H]2CCCN2)cn1. The smallest absolute Gasteiger partial charge is 0.358 e. The van der Waals surface area contributed by atoms with E-state index < -0.39 is 4.92 Å². The molecule has 74 valence electrons. The van der Waals surface area contributed by atoms with Gasteiger partial charge in [0.2, 0.25) is 0 Å². The molecule has 1 aromatic heterocycles. The summed E-state index contributed by atoms with van der Waals surface area (Å²) >= 11 is 0. The second kappa shape index (κ2) is 3.71. The molecule has 2 heterocycles. The predicted octanol–water partition coefficient (Wildman–Crippen LogP) is 1.41. The van der Waals surface area contributed by atoms with Gasteiger partial charge in [-0.1, -0.05) is 0 Å². The minimum Gasteiger partial charge on any atom is -0.358 e. The van der Waals surface area contributed by atoms with Gasteiger partial charge in [-0.15, -0.1) is 0 Å². The van der Waals surface area contributed by atoms with E-state index in [4.69, 9.17) is 0 Å². The van der Waals surface area contributed by atoms with Crippen LogP contribution in [0, 0.1) is 10.1 Å². The molecule has 0 aromatic carbocycles. The van der Waals surface area contributed by atoms with Gasteiger partial charge in [-0.2, -0.15) is 0 Å². The van der Waals surface area contributed by atoms with Gasteiger partial charge in [-0.05, 0) is 35.4 Å². The summed E-state index contributed by atoms with van der Waals surface area (Å²) in [7, 11) is 0. The largest absolute Gasteiger partial charge is 0.363 e. The molecular weight excluding hydrogens is 182 g/mol. The van der Waals surface area contributed by atoms with Crippen molar-refractivity contribution in [3.63, 3.8) is 0 Å². The standard InChI is InChI=1S/C9H11N3O2/c13-12(14)9-4-3-7(6-11-9)8-2-1-5-10-8/h3-4,6,8,10H,1-2,5H2/t8-/m0/s1. The molecule has 0 unspecified atom stereocenters. The van der Waals surface area contributed by atoms with Gasteiger partial charge < -0.3 is 15.4 Å². The number of nitrogens with one attached hydrogen (secondary N) is 1. The second-order valence-corrected chi connectivity index (χ2v) is 3.36. The zero-order valence-electron chi connectivity index (χ0n) is 7.64. The molecule has 0 radical (unpaired) electrons. The number of hydrogen-bond donors (Lipinski definition) is 1. The van der Waals surface area contributed by atoms with Gasteiger partial charge in [0.15, 0.2) is 0 Å². The lowest BCUT2D eigenvalue weighted by molar-refractivity contribution is -0.389. The highest BCUT2D eigenvalue weighted by atomic mass is 16.6. The second-order valence-electron chi connectivity index (χ2n) is 3.36. The molecular formula is C9H11N3O2. The zero-order valence-corrected chi connectivity index (χ0v) is 7.64. The van der Waals surface area contributed by atoms with Gasteiger partial charge >= 0.3 is 5.82 Å². The van der Waals surface area contributed by atoms with Crippen molar-refractivity contribution in [1.29, 1.82) is 0 Å². The van der Waals surface area contributed by atoms with Crippen LogP contribution in [-0.4, -0.2) is 16.5 Å². The van der Waals surface area contributed by atoms with Crippen LogP contribution in [0.5, 0.6) is 0 Å². The molecule has 5 nitrogen and oxygen atoms in total. The third-order valence-electron chi connectivity index (χ3n) is 2.42. The van der Waals surface area contributed by atoms with Crippen LogP contribution in [0.4, 0.5) is 5.82 Å². The molecule has 0 spiro atoms.